The second-order valence-corrected chi connectivity index (χ2v) is 7.54. The van der Waals surface area contributed by atoms with Crippen LogP contribution in [-0.4, -0.2) is 30.9 Å². The van der Waals surface area contributed by atoms with Gasteiger partial charge >= 0.3 is 0 Å². The van der Waals surface area contributed by atoms with Gasteiger partial charge in [-0.2, -0.15) is 0 Å². The summed E-state index contributed by atoms with van der Waals surface area (Å²) < 4.78 is 5.12. The molecule has 0 aliphatic carbocycles. The van der Waals surface area contributed by atoms with E-state index in [0.29, 0.717) is 28.4 Å². The summed E-state index contributed by atoms with van der Waals surface area (Å²) >= 11 is 0. The van der Waals surface area contributed by atoms with Gasteiger partial charge in [0.05, 0.1) is 24.9 Å². The van der Waals surface area contributed by atoms with E-state index in [1.54, 1.807) is 67.8 Å². The van der Waals surface area contributed by atoms with E-state index in [4.69, 9.17) is 4.74 Å². The molecule has 0 aromatic heterocycles. The minimum atomic E-state index is -0.989. The first-order valence-corrected chi connectivity index (χ1v) is 10.2. The Bertz CT molecular complexity index is 1160. The molecule has 7 heteroatoms. The number of methoxy groups -OCH3 is 1. The number of fused-ring (bicyclic) bond motifs is 1. The van der Waals surface area contributed by atoms with Crippen LogP contribution in [0.5, 0.6) is 5.75 Å². The van der Waals surface area contributed by atoms with Crippen LogP contribution in [0, 0.1) is 6.92 Å². The van der Waals surface area contributed by atoms with Gasteiger partial charge in [-0.05, 0) is 55.5 Å². The second-order valence-electron chi connectivity index (χ2n) is 7.54. The molecule has 1 aliphatic heterocycles. The van der Waals surface area contributed by atoms with E-state index in [-0.39, 0.29) is 18.2 Å². The number of para-hydroxylation sites is 2. The fourth-order valence-electron chi connectivity index (χ4n) is 3.62. The molecule has 4 rings (SSSR count). The van der Waals surface area contributed by atoms with Gasteiger partial charge in [-0.15, -0.1) is 0 Å². The molecular weight excluding hydrogens is 406 g/mol. The smallest absolute Gasteiger partial charge is 0.259 e. The molecule has 1 atom stereocenters. The van der Waals surface area contributed by atoms with Crippen LogP contribution in [0.25, 0.3) is 0 Å². The first-order valence-electron chi connectivity index (χ1n) is 10.2. The van der Waals surface area contributed by atoms with Crippen LogP contribution in [-0.2, 0) is 9.59 Å². The standard InChI is InChI=1S/C25H23N3O4/c1-16-7-9-17(10-8-16)25(31)28-21-6-4-3-5-20(21)27-24(30)22(28)15-23(29)26-18-11-13-19(32-2)14-12-18/h3-14,22H,15H2,1-2H3,(H,26,29)(H,27,30)/t22-/m0/s1. The molecule has 32 heavy (non-hydrogen) atoms. The zero-order valence-corrected chi connectivity index (χ0v) is 17.8. The maximum atomic E-state index is 13.4. The van der Waals surface area contributed by atoms with E-state index < -0.39 is 11.9 Å². The number of nitrogens with one attached hydrogen (secondary N) is 2. The van der Waals surface area contributed by atoms with Crippen molar-refractivity contribution in [3.63, 3.8) is 0 Å². The summed E-state index contributed by atoms with van der Waals surface area (Å²) in [4.78, 5) is 40.6. The van der Waals surface area contributed by atoms with E-state index in [2.05, 4.69) is 10.6 Å². The van der Waals surface area contributed by atoms with E-state index in [0.717, 1.165) is 5.56 Å². The van der Waals surface area contributed by atoms with E-state index in [1.165, 1.54) is 4.90 Å². The van der Waals surface area contributed by atoms with Gasteiger partial charge in [-0.3, -0.25) is 19.3 Å². The Labute approximate surface area is 186 Å². The van der Waals surface area contributed by atoms with E-state index >= 15 is 0 Å². The maximum Gasteiger partial charge on any atom is 0.259 e. The van der Waals surface area contributed by atoms with Crippen LogP contribution in [0.4, 0.5) is 17.1 Å². The van der Waals surface area contributed by atoms with Gasteiger partial charge in [-0.1, -0.05) is 29.8 Å². The lowest BCUT2D eigenvalue weighted by Gasteiger charge is -2.36. The highest BCUT2D eigenvalue weighted by Gasteiger charge is 2.38. The van der Waals surface area contributed by atoms with Crippen molar-refractivity contribution in [2.24, 2.45) is 0 Å². The number of carbonyl (C=O) groups is 3. The van der Waals surface area contributed by atoms with Gasteiger partial charge in [0.15, 0.2) is 0 Å². The quantitative estimate of drug-likeness (QED) is 0.642. The lowest BCUT2D eigenvalue weighted by atomic mass is 10.0. The number of anilines is 3. The van der Waals surface area contributed by atoms with Crippen LogP contribution in [0.1, 0.15) is 22.3 Å². The highest BCUT2D eigenvalue weighted by Crippen LogP contribution is 2.34. The average molecular weight is 429 g/mol. The molecule has 0 saturated heterocycles. The van der Waals surface area contributed by atoms with Gasteiger partial charge in [0.1, 0.15) is 11.8 Å². The molecule has 0 bridgehead atoms. The molecule has 0 spiro atoms. The Morgan fingerprint density at radius 1 is 1.00 bits per heavy atom. The Balaban J connectivity index is 1.62. The van der Waals surface area contributed by atoms with Gasteiger partial charge < -0.3 is 15.4 Å². The molecule has 3 aromatic rings. The molecule has 0 saturated carbocycles. The topological polar surface area (TPSA) is 87.7 Å². The molecule has 7 nitrogen and oxygen atoms in total. The number of carbonyl (C=O) groups excluding carboxylic acids is 3. The first kappa shape index (κ1) is 21.1. The van der Waals surface area contributed by atoms with Crippen molar-refractivity contribution in [1.29, 1.82) is 0 Å². The summed E-state index contributed by atoms with van der Waals surface area (Å²) in [6, 6.07) is 20.1. The van der Waals surface area contributed by atoms with Crippen molar-refractivity contribution in [1.82, 2.24) is 0 Å². The van der Waals surface area contributed by atoms with Crippen LogP contribution in [0.15, 0.2) is 72.8 Å². The number of ether oxygens (including phenoxy) is 1. The second kappa shape index (κ2) is 8.93. The SMILES string of the molecule is COc1ccc(NC(=O)C[C@H]2C(=O)Nc3ccccc3N2C(=O)c2ccc(C)cc2)cc1. The third-order valence-corrected chi connectivity index (χ3v) is 5.31. The minimum absolute atomic E-state index is 0.191. The summed E-state index contributed by atoms with van der Waals surface area (Å²) in [5, 5.41) is 5.59. The van der Waals surface area contributed by atoms with Crippen LogP contribution >= 0.6 is 0 Å². The van der Waals surface area contributed by atoms with Crippen molar-refractivity contribution >= 4 is 34.8 Å². The van der Waals surface area contributed by atoms with Crippen molar-refractivity contribution in [3.05, 3.63) is 83.9 Å². The van der Waals surface area contributed by atoms with Crippen LogP contribution in [0.2, 0.25) is 0 Å². The fraction of sp³-hybridized carbons (Fsp3) is 0.160. The Morgan fingerprint density at radius 2 is 1.69 bits per heavy atom. The first-order chi connectivity index (χ1) is 15.5. The minimum Gasteiger partial charge on any atom is -0.497 e. The molecule has 0 unspecified atom stereocenters. The molecule has 1 heterocycles. The van der Waals surface area contributed by atoms with Crippen LogP contribution in [0.3, 0.4) is 0 Å². The molecule has 0 fully saturated rings. The number of nitrogens with zero attached hydrogens (tertiary/aromatic N) is 1. The normalized spacial score (nSPS) is 14.9. The largest absolute Gasteiger partial charge is 0.497 e. The van der Waals surface area contributed by atoms with Gasteiger partial charge in [0, 0.05) is 11.3 Å². The van der Waals surface area contributed by atoms with E-state index in [9.17, 15) is 14.4 Å². The summed E-state index contributed by atoms with van der Waals surface area (Å²) in [5.41, 5.74) is 3.13. The van der Waals surface area contributed by atoms with Gasteiger partial charge in [0.2, 0.25) is 11.8 Å². The average Bonchev–Trinajstić information content (AvgIpc) is 2.80. The number of amides is 3. The highest BCUT2D eigenvalue weighted by molar-refractivity contribution is 6.17. The molecule has 2 N–H and O–H groups in total. The molecule has 3 aromatic carbocycles. The highest BCUT2D eigenvalue weighted by atomic mass is 16.5. The number of hydrogen-bond acceptors (Lipinski definition) is 4. The Hall–Kier alpha value is -4.13. The maximum absolute atomic E-state index is 13.4. The number of benzene rings is 3. The number of rotatable bonds is 5. The summed E-state index contributed by atoms with van der Waals surface area (Å²) in [5.74, 6) is -0.457. The Morgan fingerprint density at radius 3 is 2.38 bits per heavy atom. The predicted octanol–water partition coefficient (Wildman–Crippen LogP) is 4.00. The summed E-state index contributed by atoms with van der Waals surface area (Å²) in [6.07, 6.45) is -0.191. The van der Waals surface area contributed by atoms with Crippen molar-refractivity contribution < 1.29 is 19.1 Å². The fourth-order valence-corrected chi connectivity index (χ4v) is 3.62. The third-order valence-electron chi connectivity index (χ3n) is 5.31. The molecule has 3 amide bonds. The lowest BCUT2D eigenvalue weighted by molar-refractivity contribution is -0.122. The van der Waals surface area contributed by atoms with Gasteiger partial charge in [-0.25, -0.2) is 0 Å². The van der Waals surface area contributed by atoms with Crippen molar-refractivity contribution in [2.75, 3.05) is 22.6 Å². The monoisotopic (exact) mass is 429 g/mol. The lowest BCUT2D eigenvalue weighted by Crippen LogP contribution is -2.52. The van der Waals surface area contributed by atoms with Gasteiger partial charge in [0.25, 0.3) is 5.91 Å². The third kappa shape index (κ3) is 4.32. The van der Waals surface area contributed by atoms with Crippen molar-refractivity contribution in [3.8, 4) is 5.75 Å². The molecular formula is C25H23N3O4. The van der Waals surface area contributed by atoms with E-state index in [1.807, 2.05) is 19.1 Å². The molecule has 0 radical (unpaired) electrons. The number of hydrogen-bond donors (Lipinski definition) is 2. The zero-order chi connectivity index (χ0) is 22.7. The molecule has 162 valence electrons. The van der Waals surface area contributed by atoms with Crippen LogP contribution < -0.4 is 20.3 Å². The summed E-state index contributed by atoms with van der Waals surface area (Å²) in [7, 11) is 1.56. The zero-order valence-electron chi connectivity index (χ0n) is 17.8. The Kier molecular flexibility index (Phi) is 5.89. The summed E-state index contributed by atoms with van der Waals surface area (Å²) in [6.45, 7) is 1.93. The number of aryl methyl sites for hydroxylation is 1. The molecule has 1 aliphatic rings. The van der Waals surface area contributed by atoms with Crippen molar-refractivity contribution in [2.45, 2.75) is 19.4 Å². The predicted molar refractivity (Wildman–Crippen MR) is 123 cm³/mol.